The van der Waals surface area contributed by atoms with Crippen LogP contribution in [0.3, 0.4) is 0 Å². The molecule has 2 heterocycles. The molecule has 1 aromatic heterocycles. The number of carbonyl (C=O) groups is 1. The number of likely N-dealkylation sites (N-methyl/N-ethyl adjacent to an activating group) is 1. The third kappa shape index (κ3) is 2.76. The van der Waals surface area contributed by atoms with Gasteiger partial charge in [-0.3, -0.25) is 9.78 Å². The van der Waals surface area contributed by atoms with Crippen molar-refractivity contribution in [3.05, 3.63) is 47.3 Å². The molecule has 3 nitrogen and oxygen atoms in total. The zero-order valence-corrected chi connectivity index (χ0v) is 18.4. The molecule has 3 aliphatic carbocycles. The summed E-state index contributed by atoms with van der Waals surface area (Å²) in [5, 5.41) is 0. The third-order valence-electron chi connectivity index (χ3n) is 9.14. The molecule has 2 saturated carbocycles. The van der Waals surface area contributed by atoms with Gasteiger partial charge in [-0.25, -0.2) is 0 Å². The number of hydrogen-bond donors (Lipinski definition) is 0. The molecule has 5 rings (SSSR count). The Morgan fingerprint density at radius 3 is 2.72 bits per heavy atom. The third-order valence-corrected chi connectivity index (χ3v) is 9.14. The SMILES string of the molecule is Cc1cncc(C2=CC[C@H]3[C@@H]4CCC5=CC(=O)N(C)CC[C@]5(C)C4CC[C@]23C)c1. The standard InChI is InChI=1S/C26H34N2O/c1-17-13-18(16-27-15-17)21-7-8-22-20-6-5-19-14-24(29)28(4)12-11-25(19,2)23(20)9-10-26(21,22)3/h7,13-16,20,22-23H,5-6,8-12H2,1-4H3/t20-,22-,23?,25-,26+/m0/s1. The van der Waals surface area contributed by atoms with Gasteiger partial charge in [-0.05, 0) is 96.8 Å². The minimum Gasteiger partial charge on any atom is -0.342 e. The first-order valence-corrected chi connectivity index (χ1v) is 11.4. The van der Waals surface area contributed by atoms with Gasteiger partial charge in [-0.1, -0.05) is 25.5 Å². The van der Waals surface area contributed by atoms with Crippen LogP contribution in [0.2, 0.25) is 0 Å². The first-order valence-electron chi connectivity index (χ1n) is 11.4. The molecule has 0 radical (unpaired) electrons. The summed E-state index contributed by atoms with van der Waals surface area (Å²) in [5.74, 6) is 2.41. The van der Waals surface area contributed by atoms with Gasteiger partial charge in [-0.2, -0.15) is 0 Å². The van der Waals surface area contributed by atoms with Crippen molar-refractivity contribution < 1.29 is 4.79 Å². The minimum absolute atomic E-state index is 0.193. The Hall–Kier alpha value is -1.90. The molecule has 0 saturated heterocycles. The largest absolute Gasteiger partial charge is 0.342 e. The molecule has 1 aliphatic heterocycles. The van der Waals surface area contributed by atoms with E-state index in [0.717, 1.165) is 31.2 Å². The Bertz CT molecular complexity index is 915. The highest BCUT2D eigenvalue weighted by Crippen LogP contribution is 2.66. The fraction of sp³-hybridized carbons (Fsp3) is 0.615. The molecule has 2 fully saturated rings. The van der Waals surface area contributed by atoms with E-state index in [4.69, 9.17) is 0 Å². The van der Waals surface area contributed by atoms with Crippen LogP contribution in [0.15, 0.2) is 36.2 Å². The molecule has 0 bridgehead atoms. The number of aromatic nitrogens is 1. The fourth-order valence-electron chi connectivity index (χ4n) is 7.40. The summed E-state index contributed by atoms with van der Waals surface area (Å²) in [6.45, 7) is 8.02. The van der Waals surface area contributed by atoms with Crippen LogP contribution in [0, 0.1) is 35.5 Å². The molecule has 154 valence electrons. The van der Waals surface area contributed by atoms with Crippen molar-refractivity contribution in [2.24, 2.45) is 28.6 Å². The summed E-state index contributed by atoms with van der Waals surface area (Å²) in [7, 11) is 1.96. The monoisotopic (exact) mass is 390 g/mol. The van der Waals surface area contributed by atoms with E-state index in [1.165, 1.54) is 42.4 Å². The van der Waals surface area contributed by atoms with E-state index in [1.54, 1.807) is 5.57 Å². The van der Waals surface area contributed by atoms with E-state index in [0.29, 0.717) is 5.92 Å². The van der Waals surface area contributed by atoms with E-state index in [-0.39, 0.29) is 16.7 Å². The molecule has 29 heavy (non-hydrogen) atoms. The summed E-state index contributed by atoms with van der Waals surface area (Å²) in [5.41, 5.74) is 6.02. The van der Waals surface area contributed by atoms with Gasteiger partial charge < -0.3 is 4.90 Å². The minimum atomic E-state index is 0.193. The van der Waals surface area contributed by atoms with Gasteiger partial charge in [0, 0.05) is 32.1 Å². The molecule has 0 N–H and O–H groups in total. The average molecular weight is 391 g/mol. The second kappa shape index (κ2) is 6.55. The molecule has 1 aromatic rings. The molecule has 3 heteroatoms. The topological polar surface area (TPSA) is 33.2 Å². The maximum atomic E-state index is 12.5. The lowest BCUT2D eigenvalue weighted by molar-refractivity contribution is -0.124. The number of allylic oxidation sites excluding steroid dienone is 3. The highest BCUT2D eigenvalue weighted by atomic mass is 16.2. The highest BCUT2D eigenvalue weighted by molar-refractivity contribution is 5.88. The maximum absolute atomic E-state index is 12.5. The molecular formula is C26H34N2O. The van der Waals surface area contributed by atoms with Crippen molar-refractivity contribution in [3.8, 4) is 0 Å². The van der Waals surface area contributed by atoms with Gasteiger partial charge in [0.15, 0.2) is 0 Å². The number of nitrogens with zero attached hydrogens (tertiary/aromatic N) is 2. The Kier molecular flexibility index (Phi) is 4.31. The molecule has 5 atom stereocenters. The summed E-state index contributed by atoms with van der Waals surface area (Å²) < 4.78 is 0. The predicted molar refractivity (Wildman–Crippen MR) is 117 cm³/mol. The van der Waals surface area contributed by atoms with Crippen LogP contribution < -0.4 is 0 Å². The van der Waals surface area contributed by atoms with E-state index in [2.05, 4.69) is 44.1 Å². The van der Waals surface area contributed by atoms with Gasteiger partial charge in [0.05, 0.1) is 0 Å². The quantitative estimate of drug-likeness (QED) is 0.642. The van der Waals surface area contributed by atoms with Crippen molar-refractivity contribution in [1.29, 1.82) is 0 Å². The van der Waals surface area contributed by atoms with Crippen LogP contribution in [0.5, 0.6) is 0 Å². The smallest absolute Gasteiger partial charge is 0.246 e. The van der Waals surface area contributed by atoms with Crippen LogP contribution in [-0.2, 0) is 4.79 Å². The van der Waals surface area contributed by atoms with E-state index in [9.17, 15) is 4.79 Å². The number of rotatable bonds is 1. The van der Waals surface area contributed by atoms with Crippen LogP contribution >= 0.6 is 0 Å². The highest BCUT2D eigenvalue weighted by Gasteiger charge is 2.57. The lowest BCUT2D eigenvalue weighted by Crippen LogP contribution is -2.49. The van der Waals surface area contributed by atoms with Gasteiger partial charge in [0.1, 0.15) is 0 Å². The lowest BCUT2D eigenvalue weighted by Gasteiger charge is -2.57. The van der Waals surface area contributed by atoms with Crippen LogP contribution in [-0.4, -0.2) is 29.4 Å². The van der Waals surface area contributed by atoms with Crippen molar-refractivity contribution in [1.82, 2.24) is 9.88 Å². The lowest BCUT2D eigenvalue weighted by atomic mass is 9.47. The van der Waals surface area contributed by atoms with Gasteiger partial charge in [-0.15, -0.1) is 0 Å². The second-order valence-electron chi connectivity index (χ2n) is 10.6. The molecular weight excluding hydrogens is 356 g/mol. The average Bonchev–Trinajstić information content (AvgIpc) is 3.00. The molecule has 0 spiro atoms. The van der Waals surface area contributed by atoms with Gasteiger partial charge >= 0.3 is 0 Å². The Morgan fingerprint density at radius 2 is 1.93 bits per heavy atom. The van der Waals surface area contributed by atoms with Crippen LogP contribution in [0.4, 0.5) is 0 Å². The molecule has 1 unspecified atom stereocenters. The summed E-state index contributed by atoms with van der Waals surface area (Å²) >= 11 is 0. The molecule has 1 amide bonds. The second-order valence-corrected chi connectivity index (χ2v) is 10.6. The van der Waals surface area contributed by atoms with Crippen LogP contribution in [0.1, 0.15) is 63.5 Å². The van der Waals surface area contributed by atoms with E-state index >= 15 is 0 Å². The van der Waals surface area contributed by atoms with Crippen molar-refractivity contribution in [2.45, 2.75) is 59.3 Å². The zero-order chi connectivity index (χ0) is 20.4. The van der Waals surface area contributed by atoms with E-state index < -0.39 is 0 Å². The Balaban J connectivity index is 1.47. The number of amides is 1. The number of pyridine rings is 1. The Labute approximate surface area is 175 Å². The Morgan fingerprint density at radius 1 is 1.10 bits per heavy atom. The van der Waals surface area contributed by atoms with Crippen molar-refractivity contribution >= 4 is 11.5 Å². The van der Waals surface area contributed by atoms with Gasteiger partial charge in [0.25, 0.3) is 0 Å². The normalized spacial score (nSPS) is 39.1. The van der Waals surface area contributed by atoms with Crippen LogP contribution in [0.25, 0.3) is 5.57 Å². The summed E-state index contributed by atoms with van der Waals surface area (Å²) in [6, 6.07) is 2.31. The fourth-order valence-corrected chi connectivity index (χ4v) is 7.40. The number of carbonyl (C=O) groups excluding carboxylic acids is 1. The first kappa shape index (κ1) is 19.1. The predicted octanol–water partition coefficient (Wildman–Crippen LogP) is 5.41. The van der Waals surface area contributed by atoms with Crippen molar-refractivity contribution in [2.75, 3.05) is 13.6 Å². The van der Waals surface area contributed by atoms with Gasteiger partial charge in [0.2, 0.25) is 5.91 Å². The summed E-state index contributed by atoms with van der Waals surface area (Å²) in [6.07, 6.45) is 15.7. The van der Waals surface area contributed by atoms with Crippen molar-refractivity contribution in [3.63, 3.8) is 0 Å². The zero-order valence-electron chi connectivity index (χ0n) is 18.4. The first-order chi connectivity index (χ1) is 13.8. The number of fused-ring (bicyclic) bond motifs is 5. The molecule has 0 aromatic carbocycles. The molecule has 4 aliphatic rings. The maximum Gasteiger partial charge on any atom is 0.246 e. The number of aryl methyl sites for hydroxylation is 1. The summed E-state index contributed by atoms with van der Waals surface area (Å²) in [4.78, 5) is 18.9. The van der Waals surface area contributed by atoms with E-state index in [1.807, 2.05) is 24.2 Å². The number of hydrogen-bond acceptors (Lipinski definition) is 2.